The van der Waals surface area contributed by atoms with Crippen molar-refractivity contribution in [1.82, 2.24) is 5.32 Å². The zero-order chi connectivity index (χ0) is 15.5. The van der Waals surface area contributed by atoms with Crippen molar-refractivity contribution in [3.8, 4) is 0 Å². The van der Waals surface area contributed by atoms with Gasteiger partial charge in [0.05, 0.1) is 11.0 Å². The first-order valence-electron chi connectivity index (χ1n) is 6.27. The van der Waals surface area contributed by atoms with Crippen molar-refractivity contribution < 1.29 is 18.3 Å². The van der Waals surface area contributed by atoms with Gasteiger partial charge >= 0.3 is 0 Å². The van der Waals surface area contributed by atoms with Gasteiger partial charge in [-0.25, -0.2) is 13.6 Å². The van der Waals surface area contributed by atoms with Crippen molar-refractivity contribution in [1.29, 1.82) is 0 Å². The number of amides is 1. The molecule has 0 heterocycles. The van der Waals surface area contributed by atoms with Crippen LogP contribution in [0.5, 0.6) is 0 Å². The topological polar surface area (TPSA) is 109 Å². The molecule has 0 aromatic heterocycles. The minimum atomic E-state index is -3.88. The smallest absolute Gasteiger partial charge is 0.251 e. The highest BCUT2D eigenvalue weighted by molar-refractivity contribution is 7.89. The van der Waals surface area contributed by atoms with E-state index in [0.29, 0.717) is 17.5 Å². The minimum Gasteiger partial charge on any atom is -0.391 e. The molecule has 1 aromatic rings. The monoisotopic (exact) mass is 300 g/mol. The molecule has 0 spiro atoms. The normalized spacial score (nSPS) is 13.1. The van der Waals surface area contributed by atoms with Gasteiger partial charge in [-0.05, 0) is 43.5 Å². The second kappa shape index (κ2) is 6.34. The van der Waals surface area contributed by atoms with Crippen LogP contribution in [0.3, 0.4) is 0 Å². The zero-order valence-corrected chi connectivity index (χ0v) is 12.6. The molecule has 1 amide bonds. The number of aliphatic hydroxyl groups is 1. The van der Waals surface area contributed by atoms with Gasteiger partial charge in [0.2, 0.25) is 10.0 Å². The van der Waals surface area contributed by atoms with Crippen LogP contribution in [-0.4, -0.2) is 32.1 Å². The van der Waals surface area contributed by atoms with Crippen molar-refractivity contribution in [3.05, 3.63) is 28.8 Å². The van der Waals surface area contributed by atoms with Gasteiger partial charge < -0.3 is 10.4 Å². The Morgan fingerprint density at radius 3 is 2.50 bits per heavy atom. The highest BCUT2D eigenvalue weighted by Gasteiger charge is 2.17. The first-order valence-corrected chi connectivity index (χ1v) is 7.81. The van der Waals surface area contributed by atoms with Crippen molar-refractivity contribution in [2.24, 2.45) is 5.14 Å². The lowest BCUT2D eigenvalue weighted by Crippen LogP contribution is -2.32. The summed E-state index contributed by atoms with van der Waals surface area (Å²) in [4.78, 5) is 11.9. The van der Waals surface area contributed by atoms with E-state index in [2.05, 4.69) is 5.32 Å². The second-order valence-corrected chi connectivity index (χ2v) is 6.26. The van der Waals surface area contributed by atoms with E-state index < -0.39 is 22.0 Å². The standard InChI is InChI=1S/C13H20N2O4S/c1-4-11(16)7-15-13(17)10-5-8(2)9(3)12(6-10)20(14,18)19/h5-6,11,16H,4,7H2,1-3H3,(H,15,17)(H2,14,18,19). The Bertz CT molecular complexity index is 611. The Morgan fingerprint density at radius 1 is 1.40 bits per heavy atom. The Balaban J connectivity index is 3.09. The van der Waals surface area contributed by atoms with E-state index in [1.54, 1.807) is 26.8 Å². The van der Waals surface area contributed by atoms with Gasteiger partial charge in [0.1, 0.15) is 0 Å². The summed E-state index contributed by atoms with van der Waals surface area (Å²) in [5, 5.41) is 17.1. The van der Waals surface area contributed by atoms with Gasteiger partial charge in [-0.3, -0.25) is 4.79 Å². The van der Waals surface area contributed by atoms with E-state index in [0.717, 1.165) is 0 Å². The summed E-state index contributed by atoms with van der Waals surface area (Å²) in [6.45, 7) is 5.26. The first-order chi connectivity index (χ1) is 9.16. The molecule has 0 bridgehead atoms. The second-order valence-electron chi connectivity index (χ2n) is 4.73. The lowest BCUT2D eigenvalue weighted by atomic mass is 10.1. The number of aliphatic hydroxyl groups excluding tert-OH is 1. The van der Waals surface area contributed by atoms with E-state index in [9.17, 15) is 18.3 Å². The van der Waals surface area contributed by atoms with Crippen LogP contribution >= 0.6 is 0 Å². The van der Waals surface area contributed by atoms with Gasteiger partial charge in [-0.1, -0.05) is 6.92 Å². The van der Waals surface area contributed by atoms with Crippen LogP contribution in [0.1, 0.15) is 34.8 Å². The van der Waals surface area contributed by atoms with E-state index in [4.69, 9.17) is 5.14 Å². The molecule has 0 radical (unpaired) electrons. The molecule has 0 aliphatic rings. The van der Waals surface area contributed by atoms with Crippen molar-refractivity contribution in [3.63, 3.8) is 0 Å². The quantitative estimate of drug-likeness (QED) is 0.733. The Hall–Kier alpha value is -1.44. The fraction of sp³-hybridized carbons (Fsp3) is 0.462. The number of nitrogens with one attached hydrogen (secondary N) is 1. The molecule has 1 rings (SSSR count). The summed E-state index contributed by atoms with van der Waals surface area (Å²) < 4.78 is 23.0. The number of aryl methyl sites for hydroxylation is 1. The third-order valence-corrected chi connectivity index (χ3v) is 4.20. The van der Waals surface area contributed by atoms with Crippen molar-refractivity contribution in [2.75, 3.05) is 6.54 Å². The number of carbonyl (C=O) groups is 1. The summed E-state index contributed by atoms with van der Waals surface area (Å²) >= 11 is 0. The summed E-state index contributed by atoms with van der Waals surface area (Å²) in [6, 6.07) is 2.85. The number of carbonyl (C=O) groups excluding carboxylic acids is 1. The molecule has 0 fully saturated rings. The lowest BCUT2D eigenvalue weighted by molar-refractivity contribution is 0.0913. The van der Waals surface area contributed by atoms with Gasteiger partial charge in [0, 0.05) is 12.1 Å². The highest BCUT2D eigenvalue weighted by Crippen LogP contribution is 2.20. The SMILES string of the molecule is CCC(O)CNC(=O)c1cc(C)c(C)c(S(N)(=O)=O)c1. The molecule has 4 N–H and O–H groups in total. The van der Waals surface area contributed by atoms with E-state index in [-0.39, 0.29) is 17.0 Å². The Kier molecular flexibility index (Phi) is 5.27. The van der Waals surface area contributed by atoms with Crippen molar-refractivity contribution >= 4 is 15.9 Å². The van der Waals surface area contributed by atoms with Crippen LogP contribution < -0.4 is 10.5 Å². The van der Waals surface area contributed by atoms with Crippen molar-refractivity contribution in [2.45, 2.75) is 38.2 Å². The summed E-state index contributed by atoms with van der Waals surface area (Å²) in [5.74, 6) is -0.439. The van der Waals surface area contributed by atoms with Crippen LogP contribution in [0.2, 0.25) is 0 Å². The van der Waals surface area contributed by atoms with Gasteiger partial charge in [-0.2, -0.15) is 0 Å². The summed E-state index contributed by atoms with van der Waals surface area (Å²) in [6.07, 6.45) is -0.0986. The minimum absolute atomic E-state index is 0.0568. The molecule has 6 nitrogen and oxygen atoms in total. The lowest BCUT2D eigenvalue weighted by Gasteiger charge is -2.12. The molecular weight excluding hydrogens is 280 g/mol. The average molecular weight is 300 g/mol. The van der Waals surface area contributed by atoms with E-state index in [1.807, 2.05) is 0 Å². The number of hydrogen-bond donors (Lipinski definition) is 3. The average Bonchev–Trinajstić information content (AvgIpc) is 2.36. The maximum atomic E-state index is 11.9. The third kappa shape index (κ3) is 4.03. The van der Waals surface area contributed by atoms with Crippen LogP contribution in [0.25, 0.3) is 0 Å². The number of nitrogens with two attached hydrogens (primary N) is 1. The molecule has 20 heavy (non-hydrogen) atoms. The van der Waals surface area contributed by atoms with Gasteiger partial charge in [0.25, 0.3) is 5.91 Å². The molecule has 0 aliphatic carbocycles. The molecule has 0 aliphatic heterocycles. The van der Waals surface area contributed by atoms with Crippen LogP contribution in [0.15, 0.2) is 17.0 Å². The molecule has 0 saturated heterocycles. The van der Waals surface area contributed by atoms with Crippen LogP contribution in [-0.2, 0) is 10.0 Å². The highest BCUT2D eigenvalue weighted by atomic mass is 32.2. The van der Waals surface area contributed by atoms with Gasteiger partial charge in [-0.15, -0.1) is 0 Å². The molecule has 0 saturated carbocycles. The Labute approximate surface area is 119 Å². The van der Waals surface area contributed by atoms with Gasteiger partial charge in [0.15, 0.2) is 0 Å². The third-order valence-electron chi connectivity index (χ3n) is 3.16. The number of hydrogen-bond acceptors (Lipinski definition) is 4. The predicted octanol–water partition coefficient (Wildman–Crippen LogP) is 0.452. The van der Waals surface area contributed by atoms with Crippen LogP contribution in [0, 0.1) is 13.8 Å². The molecule has 1 aromatic carbocycles. The fourth-order valence-electron chi connectivity index (χ4n) is 1.71. The maximum absolute atomic E-state index is 11.9. The molecule has 7 heteroatoms. The summed E-state index contributed by atoms with van der Waals surface area (Å²) in [7, 11) is -3.88. The predicted molar refractivity (Wildman–Crippen MR) is 75.9 cm³/mol. The number of sulfonamides is 1. The fourth-order valence-corrected chi connectivity index (χ4v) is 2.59. The zero-order valence-electron chi connectivity index (χ0n) is 11.8. The molecule has 112 valence electrons. The molecular formula is C13H20N2O4S. The number of primary sulfonamides is 1. The molecule has 1 atom stereocenters. The Morgan fingerprint density at radius 2 is 2.00 bits per heavy atom. The van der Waals surface area contributed by atoms with E-state index >= 15 is 0 Å². The first kappa shape index (κ1) is 16.6. The summed E-state index contributed by atoms with van der Waals surface area (Å²) in [5.41, 5.74) is 1.40. The number of rotatable bonds is 5. The maximum Gasteiger partial charge on any atom is 0.251 e. The largest absolute Gasteiger partial charge is 0.391 e. The number of benzene rings is 1. The van der Waals surface area contributed by atoms with E-state index in [1.165, 1.54) is 6.07 Å². The molecule has 1 unspecified atom stereocenters. The van der Waals surface area contributed by atoms with Crippen LogP contribution in [0.4, 0.5) is 0 Å².